The second-order valence-corrected chi connectivity index (χ2v) is 2.48. The first-order valence-corrected chi connectivity index (χ1v) is 3.87. The molecule has 0 spiro atoms. The smallest absolute Gasteiger partial charge is 0.870 e. The monoisotopic (exact) mass is 193 g/mol. The molecule has 74 valence electrons. The Labute approximate surface area is 84.4 Å². The van der Waals surface area contributed by atoms with E-state index in [4.69, 9.17) is 7.85 Å². The van der Waals surface area contributed by atoms with Crippen molar-refractivity contribution < 1.29 is 15.7 Å². The van der Waals surface area contributed by atoms with Crippen molar-refractivity contribution in [2.75, 3.05) is 6.54 Å². The van der Waals surface area contributed by atoms with Crippen LogP contribution in [-0.2, 0) is 0 Å². The van der Waals surface area contributed by atoms with Gasteiger partial charge in [-0.2, -0.15) is 0 Å². The van der Waals surface area contributed by atoms with Crippen LogP contribution in [0.1, 0.15) is 17.3 Å². The van der Waals surface area contributed by atoms with E-state index in [1.165, 1.54) is 0 Å². The second kappa shape index (κ2) is 7.11. The largest absolute Gasteiger partial charge is 0.870 e. The molecular weight excluding hydrogens is 181 g/mol. The molecule has 0 aliphatic rings. The molecule has 0 saturated heterocycles. The molecule has 5 heteroatoms. The normalized spacial score (nSPS) is 8.21. The van der Waals surface area contributed by atoms with Crippen LogP contribution >= 0.6 is 0 Å². The van der Waals surface area contributed by atoms with Crippen molar-refractivity contribution in [3.05, 3.63) is 29.8 Å². The number of benzene rings is 1. The Morgan fingerprint density at radius 3 is 2.21 bits per heavy atom. The van der Waals surface area contributed by atoms with E-state index in [2.05, 4.69) is 5.32 Å². The third-order valence-corrected chi connectivity index (χ3v) is 1.51. The van der Waals surface area contributed by atoms with Crippen LogP contribution < -0.4 is 10.8 Å². The molecule has 14 heavy (non-hydrogen) atoms. The van der Waals surface area contributed by atoms with Crippen LogP contribution in [-0.4, -0.2) is 31.3 Å². The van der Waals surface area contributed by atoms with Crippen molar-refractivity contribution in [2.24, 2.45) is 0 Å². The average molecular weight is 193 g/mol. The third kappa shape index (κ3) is 4.07. The summed E-state index contributed by atoms with van der Waals surface area (Å²) in [4.78, 5) is 11.2. The second-order valence-electron chi connectivity index (χ2n) is 2.48. The number of rotatable bonds is 2. The summed E-state index contributed by atoms with van der Waals surface area (Å²) < 4.78 is 0. The SMILES string of the molecule is [B+2]c1ccc(C(=O)NCC)cc1.[OH-].[OH-]. The first-order chi connectivity index (χ1) is 5.74. The van der Waals surface area contributed by atoms with E-state index in [9.17, 15) is 4.79 Å². The first kappa shape index (κ1) is 15.2. The molecule has 0 aliphatic heterocycles. The molecule has 3 N–H and O–H groups in total. The quantitative estimate of drug-likeness (QED) is 0.663. The standard InChI is InChI=1S/C9H10BNO.2H2O/c1-2-11-9(12)7-3-5-8(10)6-4-7;;/h3-6H,2H2,1H3,(H,11,12);2*1H2/q+2;;/p-2. The van der Waals surface area contributed by atoms with E-state index < -0.39 is 0 Å². The molecule has 0 aromatic heterocycles. The van der Waals surface area contributed by atoms with Gasteiger partial charge in [-0.25, -0.2) is 0 Å². The molecule has 1 amide bonds. The zero-order chi connectivity index (χ0) is 8.97. The molecule has 4 nitrogen and oxygen atoms in total. The summed E-state index contributed by atoms with van der Waals surface area (Å²) in [7, 11) is 5.47. The van der Waals surface area contributed by atoms with Crippen LogP contribution in [0.5, 0.6) is 0 Å². The van der Waals surface area contributed by atoms with Crippen LogP contribution in [0, 0.1) is 0 Å². The number of hydrogen-bond donors (Lipinski definition) is 1. The maximum absolute atomic E-state index is 11.2. The molecule has 1 aromatic rings. The van der Waals surface area contributed by atoms with E-state index in [1.54, 1.807) is 24.3 Å². The van der Waals surface area contributed by atoms with Gasteiger partial charge in [0.15, 0.2) is 0 Å². The average Bonchev–Trinajstić information content (AvgIpc) is 2.06. The van der Waals surface area contributed by atoms with Crippen LogP contribution in [0.3, 0.4) is 0 Å². The molecule has 0 radical (unpaired) electrons. The maximum Gasteiger partial charge on any atom is -0.870 e. The molecule has 1 aromatic carbocycles. The summed E-state index contributed by atoms with van der Waals surface area (Å²) in [5, 5.41) is 2.70. The van der Waals surface area contributed by atoms with Crippen molar-refractivity contribution in [1.29, 1.82) is 0 Å². The van der Waals surface area contributed by atoms with Gasteiger partial charge >= 0.3 is 72.6 Å². The summed E-state index contributed by atoms with van der Waals surface area (Å²) in [5.74, 6) is -0.0579. The number of carbonyl (C=O) groups is 1. The maximum atomic E-state index is 11.2. The molecule has 0 bridgehead atoms. The predicted octanol–water partition coefficient (Wildman–Crippen LogP) is -0.124. The molecule has 0 heterocycles. The Morgan fingerprint density at radius 2 is 1.79 bits per heavy atom. The Bertz CT molecular complexity index is 274. The van der Waals surface area contributed by atoms with Crippen molar-refractivity contribution in [2.45, 2.75) is 6.92 Å². The molecule has 1 rings (SSSR count). The van der Waals surface area contributed by atoms with E-state index in [0.717, 1.165) is 0 Å². The molecule has 0 saturated carbocycles. The van der Waals surface area contributed by atoms with Crippen LogP contribution in [0.15, 0.2) is 24.3 Å². The van der Waals surface area contributed by atoms with E-state index in [1.807, 2.05) is 6.92 Å². The van der Waals surface area contributed by atoms with Crippen molar-refractivity contribution >= 4 is 19.2 Å². The van der Waals surface area contributed by atoms with Gasteiger partial charge in [0, 0.05) is 0 Å². The fraction of sp³-hybridized carbons (Fsp3) is 0.222. The number of amides is 1. The van der Waals surface area contributed by atoms with Crippen molar-refractivity contribution in [3.63, 3.8) is 0 Å². The summed E-state index contributed by atoms with van der Waals surface area (Å²) in [6.07, 6.45) is 0. The van der Waals surface area contributed by atoms with Crippen LogP contribution in [0.25, 0.3) is 0 Å². The zero-order valence-corrected chi connectivity index (χ0v) is 7.90. The van der Waals surface area contributed by atoms with E-state index >= 15 is 0 Å². The van der Waals surface area contributed by atoms with E-state index in [0.29, 0.717) is 17.6 Å². The third-order valence-electron chi connectivity index (χ3n) is 1.51. The Balaban J connectivity index is 0. The minimum atomic E-state index is -0.0579. The van der Waals surface area contributed by atoms with Gasteiger partial charge in [-0.05, 0) is 0 Å². The molecule has 0 aliphatic carbocycles. The predicted molar refractivity (Wildman–Crippen MR) is 53.7 cm³/mol. The first-order valence-electron chi connectivity index (χ1n) is 3.87. The van der Waals surface area contributed by atoms with Gasteiger partial charge in [-0.15, -0.1) is 0 Å². The fourth-order valence-corrected chi connectivity index (χ4v) is 0.897. The Kier molecular flexibility index (Phi) is 7.70. The van der Waals surface area contributed by atoms with Gasteiger partial charge in [-0.1, -0.05) is 0 Å². The van der Waals surface area contributed by atoms with Gasteiger partial charge in [0.1, 0.15) is 0 Å². The summed E-state index contributed by atoms with van der Waals surface area (Å²) in [5.41, 5.74) is 1.31. The molecular formula is C9H12BNO3. The summed E-state index contributed by atoms with van der Waals surface area (Å²) in [6, 6.07) is 6.84. The molecule has 0 atom stereocenters. The van der Waals surface area contributed by atoms with Gasteiger partial charge < -0.3 is 11.0 Å². The van der Waals surface area contributed by atoms with Crippen molar-refractivity contribution in [3.8, 4) is 0 Å². The van der Waals surface area contributed by atoms with Crippen LogP contribution in [0.2, 0.25) is 0 Å². The number of hydrogen-bond acceptors (Lipinski definition) is 3. The minimum absolute atomic E-state index is 0. The number of carbonyl (C=O) groups excluding carboxylic acids is 1. The summed E-state index contributed by atoms with van der Waals surface area (Å²) >= 11 is 0. The van der Waals surface area contributed by atoms with Gasteiger partial charge in [0.05, 0.1) is 0 Å². The molecule has 0 unspecified atom stereocenters. The van der Waals surface area contributed by atoms with Crippen LogP contribution in [0.4, 0.5) is 0 Å². The fourth-order valence-electron chi connectivity index (χ4n) is 0.897. The Hall–Kier alpha value is -1.33. The molecule has 0 fully saturated rings. The van der Waals surface area contributed by atoms with E-state index in [-0.39, 0.29) is 16.9 Å². The topological polar surface area (TPSA) is 89.1 Å². The van der Waals surface area contributed by atoms with Crippen molar-refractivity contribution in [1.82, 2.24) is 5.32 Å². The van der Waals surface area contributed by atoms with Gasteiger partial charge in [-0.3, -0.25) is 0 Å². The van der Waals surface area contributed by atoms with Gasteiger partial charge in [0.25, 0.3) is 0 Å². The Morgan fingerprint density at radius 1 is 1.29 bits per heavy atom. The minimum Gasteiger partial charge on any atom is -0.870 e. The summed E-state index contributed by atoms with van der Waals surface area (Å²) in [6.45, 7) is 2.53. The zero-order valence-electron chi connectivity index (χ0n) is 7.90. The van der Waals surface area contributed by atoms with Gasteiger partial charge in [0.2, 0.25) is 0 Å². The number of nitrogens with one attached hydrogen (secondary N) is 1.